The zero-order chi connectivity index (χ0) is 17.9. The highest BCUT2D eigenvalue weighted by Gasteiger charge is 2.15. The molecule has 4 rings (SSSR count). The summed E-state index contributed by atoms with van der Waals surface area (Å²) >= 11 is 0. The van der Waals surface area contributed by atoms with Crippen LogP contribution in [0, 0.1) is 0 Å². The van der Waals surface area contributed by atoms with Crippen molar-refractivity contribution in [3.8, 4) is 0 Å². The molecule has 26 heavy (non-hydrogen) atoms. The summed E-state index contributed by atoms with van der Waals surface area (Å²) in [6.07, 6.45) is 0. The molecule has 1 heterocycles. The number of benzene rings is 3. The van der Waals surface area contributed by atoms with E-state index >= 15 is 0 Å². The normalized spacial score (nSPS) is 10.6. The molecular weight excluding hydrogens is 328 g/mol. The minimum Gasteiger partial charge on any atom is -0.322 e. The second kappa shape index (κ2) is 6.60. The third-order valence-electron chi connectivity index (χ3n) is 3.95. The largest absolute Gasteiger partial charge is 0.322 e. The number of para-hydroxylation sites is 1. The van der Waals surface area contributed by atoms with Gasteiger partial charge in [0.15, 0.2) is 0 Å². The first-order valence-electron chi connectivity index (χ1n) is 8.04. The van der Waals surface area contributed by atoms with Crippen LogP contribution in [0.1, 0.15) is 20.7 Å². The number of carbonyl (C=O) groups is 2. The van der Waals surface area contributed by atoms with Gasteiger partial charge in [-0.1, -0.05) is 41.6 Å². The summed E-state index contributed by atoms with van der Waals surface area (Å²) in [6.45, 7) is 0. The lowest BCUT2D eigenvalue weighted by Gasteiger charge is -2.07. The van der Waals surface area contributed by atoms with E-state index in [-0.39, 0.29) is 11.8 Å². The topological polar surface area (TPSA) is 76.9 Å². The highest BCUT2D eigenvalue weighted by atomic mass is 16.2. The maximum Gasteiger partial charge on any atom is 0.280 e. The number of amides is 1. The fourth-order valence-electron chi connectivity index (χ4n) is 2.66. The number of nitrogens with one attached hydrogen (secondary N) is 1. The molecule has 0 aliphatic carbocycles. The van der Waals surface area contributed by atoms with Crippen molar-refractivity contribution < 1.29 is 9.59 Å². The van der Waals surface area contributed by atoms with Crippen LogP contribution in [0.15, 0.2) is 78.9 Å². The van der Waals surface area contributed by atoms with E-state index in [4.69, 9.17) is 0 Å². The van der Waals surface area contributed by atoms with Gasteiger partial charge in [-0.25, -0.2) is 0 Å². The number of anilines is 1. The number of aromatic nitrogens is 3. The van der Waals surface area contributed by atoms with Crippen molar-refractivity contribution in [2.75, 3.05) is 5.32 Å². The molecule has 0 radical (unpaired) electrons. The van der Waals surface area contributed by atoms with Gasteiger partial charge in [0.25, 0.3) is 11.8 Å². The van der Waals surface area contributed by atoms with Gasteiger partial charge in [0.05, 0.1) is 5.52 Å². The highest BCUT2D eigenvalue weighted by Crippen LogP contribution is 2.16. The van der Waals surface area contributed by atoms with Crippen LogP contribution in [-0.2, 0) is 0 Å². The van der Waals surface area contributed by atoms with E-state index < -0.39 is 0 Å². The standard InChI is InChI=1S/C20H14N4O2/c25-19(14-7-2-1-3-8-14)21-16-10-6-9-15(13-16)20(26)24-18-12-5-4-11-17(18)22-23-24/h1-13H,(H,21,25). The number of hydrogen-bond acceptors (Lipinski definition) is 4. The van der Waals surface area contributed by atoms with E-state index in [1.165, 1.54) is 4.68 Å². The average molecular weight is 342 g/mol. The zero-order valence-corrected chi connectivity index (χ0v) is 13.7. The van der Waals surface area contributed by atoms with Crippen LogP contribution >= 0.6 is 0 Å². The first-order chi connectivity index (χ1) is 12.7. The summed E-state index contributed by atoms with van der Waals surface area (Å²) in [6, 6.07) is 22.9. The number of carbonyl (C=O) groups excluding carboxylic acids is 2. The number of hydrogen-bond donors (Lipinski definition) is 1. The molecule has 1 amide bonds. The van der Waals surface area contributed by atoms with E-state index in [1.807, 2.05) is 18.2 Å². The Kier molecular flexibility index (Phi) is 3.99. The molecule has 0 aliphatic heterocycles. The molecular formula is C20H14N4O2. The Labute approximate surface area is 149 Å². The summed E-state index contributed by atoms with van der Waals surface area (Å²) in [7, 11) is 0. The Morgan fingerprint density at radius 2 is 1.54 bits per heavy atom. The van der Waals surface area contributed by atoms with Crippen LogP contribution in [0.25, 0.3) is 11.0 Å². The maximum atomic E-state index is 12.8. The van der Waals surface area contributed by atoms with Gasteiger partial charge in [0.2, 0.25) is 0 Å². The van der Waals surface area contributed by atoms with Gasteiger partial charge in [-0.05, 0) is 42.5 Å². The van der Waals surface area contributed by atoms with Crippen molar-refractivity contribution in [1.29, 1.82) is 0 Å². The maximum absolute atomic E-state index is 12.8. The Hall–Kier alpha value is -3.80. The first-order valence-corrected chi connectivity index (χ1v) is 8.04. The molecule has 6 heteroatoms. The predicted octanol–water partition coefficient (Wildman–Crippen LogP) is 3.37. The van der Waals surface area contributed by atoms with E-state index in [1.54, 1.807) is 60.7 Å². The van der Waals surface area contributed by atoms with Gasteiger partial charge >= 0.3 is 0 Å². The van der Waals surface area contributed by atoms with E-state index in [2.05, 4.69) is 15.6 Å². The number of nitrogens with zero attached hydrogens (tertiary/aromatic N) is 3. The smallest absolute Gasteiger partial charge is 0.280 e. The third kappa shape index (κ3) is 2.95. The molecule has 0 saturated heterocycles. The Morgan fingerprint density at radius 3 is 2.38 bits per heavy atom. The van der Waals surface area contributed by atoms with Crippen molar-refractivity contribution >= 4 is 28.5 Å². The van der Waals surface area contributed by atoms with Crippen molar-refractivity contribution in [2.45, 2.75) is 0 Å². The van der Waals surface area contributed by atoms with Gasteiger partial charge in [0.1, 0.15) is 5.52 Å². The Morgan fingerprint density at radius 1 is 0.808 bits per heavy atom. The van der Waals surface area contributed by atoms with Crippen LogP contribution in [0.2, 0.25) is 0 Å². The molecule has 0 aliphatic rings. The summed E-state index contributed by atoms with van der Waals surface area (Å²) in [5.41, 5.74) is 2.78. The van der Waals surface area contributed by atoms with Gasteiger partial charge in [-0.2, -0.15) is 4.68 Å². The first kappa shape index (κ1) is 15.7. The molecule has 0 fully saturated rings. The summed E-state index contributed by atoms with van der Waals surface area (Å²) < 4.78 is 1.26. The van der Waals surface area contributed by atoms with Crippen LogP contribution in [0.3, 0.4) is 0 Å². The Balaban J connectivity index is 1.61. The minimum absolute atomic E-state index is 0.235. The van der Waals surface area contributed by atoms with Crippen LogP contribution in [-0.4, -0.2) is 26.8 Å². The summed E-state index contributed by atoms with van der Waals surface area (Å²) in [5, 5.41) is 10.7. The minimum atomic E-state index is -0.311. The summed E-state index contributed by atoms with van der Waals surface area (Å²) in [4.78, 5) is 25.1. The van der Waals surface area contributed by atoms with Gasteiger partial charge in [-0.15, -0.1) is 5.10 Å². The Bertz CT molecular complexity index is 1100. The second-order valence-corrected chi connectivity index (χ2v) is 5.70. The molecule has 6 nitrogen and oxygen atoms in total. The molecule has 0 unspecified atom stereocenters. The van der Waals surface area contributed by atoms with Crippen molar-refractivity contribution in [2.24, 2.45) is 0 Å². The van der Waals surface area contributed by atoms with E-state index in [0.717, 1.165) is 0 Å². The molecule has 3 aromatic carbocycles. The summed E-state index contributed by atoms with van der Waals surface area (Å²) in [5.74, 6) is -0.545. The molecule has 0 saturated carbocycles. The molecule has 1 N–H and O–H groups in total. The molecule has 0 bridgehead atoms. The molecule has 4 aromatic rings. The van der Waals surface area contributed by atoms with Gasteiger partial charge in [-0.3, -0.25) is 9.59 Å². The average Bonchev–Trinajstić information content (AvgIpc) is 3.12. The lowest BCUT2D eigenvalue weighted by atomic mass is 10.1. The fraction of sp³-hybridized carbons (Fsp3) is 0. The quantitative estimate of drug-likeness (QED) is 0.619. The fourth-order valence-corrected chi connectivity index (χ4v) is 2.66. The van der Waals surface area contributed by atoms with E-state index in [0.29, 0.717) is 27.8 Å². The van der Waals surface area contributed by atoms with Crippen LogP contribution in [0.5, 0.6) is 0 Å². The molecule has 126 valence electrons. The number of fused-ring (bicyclic) bond motifs is 1. The third-order valence-corrected chi connectivity index (χ3v) is 3.95. The monoisotopic (exact) mass is 342 g/mol. The second-order valence-electron chi connectivity index (χ2n) is 5.70. The number of rotatable bonds is 3. The van der Waals surface area contributed by atoms with Gasteiger partial charge < -0.3 is 5.32 Å². The zero-order valence-electron chi connectivity index (χ0n) is 13.7. The van der Waals surface area contributed by atoms with Gasteiger partial charge in [0, 0.05) is 16.8 Å². The lowest BCUT2D eigenvalue weighted by Crippen LogP contribution is -2.15. The SMILES string of the molecule is O=C(Nc1cccc(C(=O)n2nnc3ccccc32)c1)c1ccccc1. The molecule has 0 spiro atoms. The molecule has 1 aromatic heterocycles. The van der Waals surface area contributed by atoms with Crippen LogP contribution < -0.4 is 5.32 Å². The van der Waals surface area contributed by atoms with Crippen LogP contribution in [0.4, 0.5) is 5.69 Å². The highest BCUT2D eigenvalue weighted by molar-refractivity contribution is 6.05. The predicted molar refractivity (Wildman–Crippen MR) is 98.1 cm³/mol. The molecule has 0 atom stereocenters. The lowest BCUT2D eigenvalue weighted by molar-refractivity contribution is 0.0947. The van der Waals surface area contributed by atoms with Crippen molar-refractivity contribution in [3.05, 3.63) is 90.0 Å². The van der Waals surface area contributed by atoms with Crippen molar-refractivity contribution in [1.82, 2.24) is 15.0 Å². The van der Waals surface area contributed by atoms with E-state index in [9.17, 15) is 9.59 Å². The van der Waals surface area contributed by atoms with Crippen molar-refractivity contribution in [3.63, 3.8) is 0 Å².